The number of fused-ring (bicyclic) bond motifs is 1. The predicted octanol–water partition coefficient (Wildman–Crippen LogP) is 2.54. The van der Waals surface area contributed by atoms with Crippen LogP contribution in [0.5, 0.6) is 0 Å². The zero-order chi connectivity index (χ0) is 24.8. The molecule has 188 valence electrons. The lowest BCUT2D eigenvalue weighted by Gasteiger charge is -2.53. The van der Waals surface area contributed by atoms with Crippen LogP contribution < -0.4 is 16.0 Å². The maximum atomic E-state index is 13.6. The maximum Gasteiger partial charge on any atom is 0.256 e. The Labute approximate surface area is 206 Å². The molecule has 3 aliphatic carbocycles. The highest BCUT2D eigenvalue weighted by Gasteiger charge is 2.65. The van der Waals surface area contributed by atoms with E-state index in [2.05, 4.69) is 21.4 Å². The van der Waals surface area contributed by atoms with E-state index < -0.39 is 0 Å². The summed E-state index contributed by atoms with van der Waals surface area (Å²) in [6.45, 7) is 6.56. The summed E-state index contributed by atoms with van der Waals surface area (Å²) < 4.78 is 7.28. The highest BCUT2D eigenvalue weighted by molar-refractivity contribution is 5.99. The first kappa shape index (κ1) is 23.9. The number of anilines is 1. The molecule has 35 heavy (non-hydrogen) atoms. The Morgan fingerprint density at radius 3 is 2.83 bits per heavy atom. The van der Waals surface area contributed by atoms with Gasteiger partial charge in [-0.3, -0.25) is 9.59 Å². The number of nitrogens with one attached hydrogen (secondary N) is 1. The van der Waals surface area contributed by atoms with Gasteiger partial charge < -0.3 is 20.7 Å². The second kappa shape index (κ2) is 8.98. The molecule has 1 aromatic heterocycles. The molecule has 5 atom stereocenters. The average Bonchev–Trinajstić information content (AvgIpc) is 3.31. The number of hydrogen-bond acceptors (Lipinski definition) is 6. The number of nitrogens with zero attached hydrogens (tertiary/aromatic N) is 4. The third kappa shape index (κ3) is 4.22. The number of nitrogens with two attached hydrogens (primary N) is 1. The number of carbonyl (C=O) groups excluding carboxylic acids is 2. The molecule has 9 nitrogen and oxygen atoms in total. The summed E-state index contributed by atoms with van der Waals surface area (Å²) in [6.07, 6.45) is 10.6. The second-order valence-electron chi connectivity index (χ2n) is 11.5. The Hall–Kier alpha value is -2.86. The lowest BCUT2D eigenvalue weighted by Crippen LogP contribution is -2.59. The molecule has 2 bridgehead atoms. The molecule has 3 saturated carbocycles. The van der Waals surface area contributed by atoms with Crippen molar-refractivity contribution in [3.05, 3.63) is 17.8 Å². The fraction of sp³-hybridized carbons (Fsp3) is 0.692. The van der Waals surface area contributed by atoms with Crippen LogP contribution >= 0.6 is 0 Å². The van der Waals surface area contributed by atoms with E-state index in [0.29, 0.717) is 56.0 Å². The number of rotatable bonds is 7. The van der Waals surface area contributed by atoms with Crippen LogP contribution in [-0.4, -0.2) is 53.9 Å². The fourth-order valence-corrected chi connectivity index (χ4v) is 6.89. The smallest absolute Gasteiger partial charge is 0.256 e. The molecule has 0 radical (unpaired) electrons. The Bertz CT molecular complexity index is 1070. The van der Waals surface area contributed by atoms with Gasteiger partial charge >= 0.3 is 0 Å². The van der Waals surface area contributed by atoms with Crippen molar-refractivity contribution < 1.29 is 14.3 Å². The van der Waals surface area contributed by atoms with Crippen LogP contribution in [0.25, 0.3) is 6.20 Å². The first-order valence-corrected chi connectivity index (χ1v) is 12.8. The second-order valence-corrected chi connectivity index (χ2v) is 11.5. The van der Waals surface area contributed by atoms with Crippen molar-refractivity contribution >= 4 is 23.8 Å². The first-order chi connectivity index (χ1) is 16.7. The number of amides is 2. The standard InChI is InChI=1S/C26H36N6O3/c1-25(2,5-7-27)6-8-32-23(31-9-11-35-12-10-31)19(16-29-32)22(33)30-21-4-3-17-13-20-18(21)15-26(20,14-17)24(28)34/h6,8,16-18,20-21H,3-5,9-15H2,1-2H3,(H2,28,34)(H,30,33)/b8-6+/t17?,18?,20?,21-,26-/m1/s1. The summed E-state index contributed by atoms with van der Waals surface area (Å²) in [6, 6.07) is 2.28. The molecular weight excluding hydrogens is 444 g/mol. The minimum absolute atomic E-state index is 0.0521. The van der Waals surface area contributed by atoms with Crippen LogP contribution in [0.2, 0.25) is 0 Å². The van der Waals surface area contributed by atoms with Gasteiger partial charge in [0.1, 0.15) is 11.4 Å². The zero-order valence-electron chi connectivity index (χ0n) is 20.7. The molecule has 4 fully saturated rings. The molecule has 1 saturated heterocycles. The van der Waals surface area contributed by atoms with E-state index >= 15 is 0 Å². The number of nitriles is 1. The van der Waals surface area contributed by atoms with Gasteiger partial charge in [-0.25, -0.2) is 4.68 Å². The van der Waals surface area contributed by atoms with E-state index in [4.69, 9.17) is 15.7 Å². The van der Waals surface area contributed by atoms with Crippen molar-refractivity contribution in [2.75, 3.05) is 31.2 Å². The largest absolute Gasteiger partial charge is 0.378 e. The molecule has 0 aromatic carbocycles. The van der Waals surface area contributed by atoms with Gasteiger partial charge in [0, 0.05) is 31.8 Å². The fourth-order valence-electron chi connectivity index (χ4n) is 6.89. The predicted molar refractivity (Wildman–Crippen MR) is 131 cm³/mol. The van der Waals surface area contributed by atoms with Crippen LogP contribution in [0.15, 0.2) is 12.3 Å². The lowest BCUT2D eigenvalue weighted by atomic mass is 9.52. The number of ether oxygens (including phenoxy) is 1. The van der Waals surface area contributed by atoms with Crippen LogP contribution in [0, 0.1) is 39.9 Å². The summed E-state index contributed by atoms with van der Waals surface area (Å²) in [4.78, 5) is 28.0. The zero-order valence-corrected chi connectivity index (χ0v) is 20.7. The van der Waals surface area contributed by atoms with Crippen molar-refractivity contribution in [2.24, 2.45) is 34.3 Å². The summed E-state index contributed by atoms with van der Waals surface area (Å²) in [5.41, 5.74) is 5.72. The number of primary amides is 1. The normalized spacial score (nSPS) is 32.1. The minimum atomic E-state index is -0.344. The van der Waals surface area contributed by atoms with Crippen molar-refractivity contribution in [2.45, 2.75) is 58.4 Å². The Kier molecular flexibility index (Phi) is 6.12. The van der Waals surface area contributed by atoms with Crippen molar-refractivity contribution in [3.8, 4) is 6.07 Å². The molecule has 1 aromatic rings. The molecular formula is C26H36N6O3. The van der Waals surface area contributed by atoms with Gasteiger partial charge in [-0.05, 0) is 55.3 Å². The summed E-state index contributed by atoms with van der Waals surface area (Å²) in [7, 11) is 0. The highest BCUT2D eigenvalue weighted by atomic mass is 16.5. The SMILES string of the molecule is CC(C)(/C=C/n1ncc(C(=O)N[C@@H]2CCC3CC4C2C[C@]4(C(N)=O)C3)c1N1CCOCC1)CC#N. The topological polar surface area (TPSA) is 126 Å². The van der Waals surface area contributed by atoms with Crippen molar-refractivity contribution in [1.82, 2.24) is 15.1 Å². The molecule has 9 heteroatoms. The van der Waals surface area contributed by atoms with Crippen molar-refractivity contribution in [1.29, 1.82) is 5.26 Å². The lowest BCUT2D eigenvalue weighted by molar-refractivity contribution is -0.144. The summed E-state index contributed by atoms with van der Waals surface area (Å²) >= 11 is 0. The van der Waals surface area contributed by atoms with Crippen LogP contribution in [0.3, 0.4) is 0 Å². The number of hydrogen-bond donors (Lipinski definition) is 2. The van der Waals surface area contributed by atoms with Gasteiger partial charge in [-0.1, -0.05) is 19.9 Å². The van der Waals surface area contributed by atoms with E-state index in [1.165, 1.54) is 0 Å². The summed E-state index contributed by atoms with van der Waals surface area (Å²) in [5, 5.41) is 17.0. The van der Waals surface area contributed by atoms with E-state index in [1.54, 1.807) is 10.9 Å². The van der Waals surface area contributed by atoms with E-state index in [0.717, 1.165) is 37.9 Å². The molecule has 3 unspecified atom stereocenters. The van der Waals surface area contributed by atoms with Crippen LogP contribution in [-0.2, 0) is 9.53 Å². The monoisotopic (exact) mass is 480 g/mol. The van der Waals surface area contributed by atoms with Crippen molar-refractivity contribution in [3.63, 3.8) is 0 Å². The molecule has 1 aliphatic heterocycles. The Morgan fingerprint density at radius 2 is 2.11 bits per heavy atom. The number of allylic oxidation sites excluding steroid dienone is 1. The van der Waals surface area contributed by atoms with Gasteiger partial charge in [0.05, 0.1) is 30.9 Å². The highest BCUT2D eigenvalue weighted by Crippen LogP contribution is 2.66. The third-order valence-corrected chi connectivity index (χ3v) is 8.80. The average molecular weight is 481 g/mol. The molecule has 2 amide bonds. The van der Waals surface area contributed by atoms with Gasteiger partial charge in [0.2, 0.25) is 5.91 Å². The number of carbonyl (C=O) groups is 2. The van der Waals surface area contributed by atoms with Crippen LogP contribution in [0.4, 0.5) is 5.82 Å². The van der Waals surface area contributed by atoms with E-state index in [1.807, 2.05) is 26.1 Å². The quantitative estimate of drug-likeness (QED) is 0.618. The summed E-state index contributed by atoms with van der Waals surface area (Å²) in [5.74, 6) is 1.62. The molecule has 3 N–H and O–H groups in total. The van der Waals surface area contributed by atoms with E-state index in [-0.39, 0.29) is 28.7 Å². The molecule has 5 rings (SSSR count). The van der Waals surface area contributed by atoms with E-state index in [9.17, 15) is 9.59 Å². The van der Waals surface area contributed by atoms with Gasteiger partial charge in [0.15, 0.2) is 0 Å². The number of aromatic nitrogens is 2. The minimum Gasteiger partial charge on any atom is -0.378 e. The molecule has 4 aliphatic rings. The maximum absolute atomic E-state index is 13.6. The number of morpholine rings is 1. The third-order valence-electron chi connectivity index (χ3n) is 8.80. The van der Waals surface area contributed by atoms with Gasteiger partial charge in [-0.15, -0.1) is 0 Å². The van der Waals surface area contributed by atoms with Crippen LogP contribution in [0.1, 0.15) is 62.7 Å². The Balaban J connectivity index is 1.38. The first-order valence-electron chi connectivity index (χ1n) is 12.8. The van der Waals surface area contributed by atoms with Gasteiger partial charge in [-0.2, -0.15) is 10.4 Å². The Morgan fingerprint density at radius 1 is 1.34 bits per heavy atom. The molecule has 0 spiro atoms. The van der Waals surface area contributed by atoms with Gasteiger partial charge in [0.25, 0.3) is 5.91 Å². The molecule has 2 heterocycles.